The molecule has 0 aliphatic rings. The molecular weight excluding hydrogens is 338 g/mol. The van der Waals surface area contributed by atoms with Gasteiger partial charge in [0, 0.05) is 36.3 Å². The van der Waals surface area contributed by atoms with Gasteiger partial charge >= 0.3 is 0 Å². The molecular formula is C22H29N3O2. The van der Waals surface area contributed by atoms with E-state index in [1.807, 2.05) is 55.5 Å². The number of hydrogen-bond acceptors (Lipinski definition) is 3. The Morgan fingerprint density at radius 2 is 1.48 bits per heavy atom. The van der Waals surface area contributed by atoms with Crippen LogP contribution in [0.4, 0.5) is 5.69 Å². The molecule has 2 aromatic rings. The molecule has 2 aromatic carbocycles. The fourth-order valence-corrected chi connectivity index (χ4v) is 2.72. The molecule has 0 saturated carbocycles. The maximum Gasteiger partial charge on any atom is 0.251 e. The molecule has 0 bridgehead atoms. The molecule has 0 aromatic heterocycles. The van der Waals surface area contributed by atoms with Crippen molar-refractivity contribution in [3.05, 3.63) is 66.2 Å². The third kappa shape index (κ3) is 7.13. The molecule has 0 heterocycles. The Balaban J connectivity index is 1.78. The molecule has 0 spiro atoms. The summed E-state index contributed by atoms with van der Waals surface area (Å²) in [6, 6.07) is 18.9. The van der Waals surface area contributed by atoms with Crippen LogP contribution in [0.1, 0.15) is 37.6 Å². The molecule has 3 N–H and O–H groups in total. The second-order valence-corrected chi connectivity index (χ2v) is 7.11. The zero-order valence-corrected chi connectivity index (χ0v) is 16.2. The van der Waals surface area contributed by atoms with Crippen molar-refractivity contribution in [1.82, 2.24) is 10.6 Å². The highest BCUT2D eigenvalue weighted by molar-refractivity contribution is 5.94. The maximum absolute atomic E-state index is 12.3. The van der Waals surface area contributed by atoms with Crippen LogP contribution in [-0.4, -0.2) is 30.4 Å². The summed E-state index contributed by atoms with van der Waals surface area (Å²) < 4.78 is 0. The lowest BCUT2D eigenvalue weighted by molar-refractivity contribution is -0.121. The number of carbonyl (C=O) groups is 2. The minimum absolute atomic E-state index is 0.0728. The molecule has 5 heteroatoms. The molecule has 5 nitrogen and oxygen atoms in total. The minimum Gasteiger partial charge on any atom is -0.380 e. The van der Waals surface area contributed by atoms with E-state index in [1.165, 1.54) is 0 Å². The summed E-state index contributed by atoms with van der Waals surface area (Å²) in [7, 11) is 0. The lowest BCUT2D eigenvalue weighted by atomic mass is 10.0. The second-order valence-electron chi connectivity index (χ2n) is 7.11. The van der Waals surface area contributed by atoms with E-state index < -0.39 is 0 Å². The van der Waals surface area contributed by atoms with Crippen molar-refractivity contribution in [1.29, 1.82) is 0 Å². The summed E-state index contributed by atoms with van der Waals surface area (Å²) in [4.78, 5) is 24.4. The van der Waals surface area contributed by atoms with Gasteiger partial charge in [-0.25, -0.2) is 0 Å². The van der Waals surface area contributed by atoms with E-state index in [1.54, 1.807) is 12.1 Å². The van der Waals surface area contributed by atoms with Crippen molar-refractivity contribution in [3.8, 4) is 0 Å². The van der Waals surface area contributed by atoms with Crippen LogP contribution in [0, 0.1) is 5.92 Å². The van der Waals surface area contributed by atoms with Gasteiger partial charge in [-0.2, -0.15) is 0 Å². The fourth-order valence-electron chi connectivity index (χ4n) is 2.72. The van der Waals surface area contributed by atoms with Crippen molar-refractivity contribution in [2.45, 2.75) is 39.3 Å². The van der Waals surface area contributed by atoms with Crippen LogP contribution in [-0.2, 0) is 4.79 Å². The van der Waals surface area contributed by atoms with Crippen molar-refractivity contribution < 1.29 is 9.59 Å². The van der Waals surface area contributed by atoms with E-state index in [0.717, 1.165) is 5.69 Å². The summed E-state index contributed by atoms with van der Waals surface area (Å²) in [5, 5.41) is 9.29. The highest BCUT2D eigenvalue weighted by atomic mass is 16.2. The molecule has 0 radical (unpaired) electrons. The standard InChI is InChI=1S/C22H29N3O2/c1-16(2)20(25-19-12-8-5-9-13-19)15-23-21(26)14-17(3)24-22(27)18-10-6-4-7-11-18/h4-13,16-17,20,25H,14-15H2,1-3H3,(H,23,26)(H,24,27). The van der Waals surface area contributed by atoms with E-state index in [-0.39, 0.29) is 30.3 Å². The quantitative estimate of drug-likeness (QED) is 0.636. The summed E-state index contributed by atoms with van der Waals surface area (Å²) >= 11 is 0. The van der Waals surface area contributed by atoms with Gasteiger partial charge in [0.1, 0.15) is 0 Å². The van der Waals surface area contributed by atoms with Crippen LogP contribution in [0.15, 0.2) is 60.7 Å². The van der Waals surface area contributed by atoms with Crippen molar-refractivity contribution >= 4 is 17.5 Å². The van der Waals surface area contributed by atoms with Crippen LogP contribution in [0.25, 0.3) is 0 Å². The summed E-state index contributed by atoms with van der Waals surface area (Å²) in [5.41, 5.74) is 1.63. The van der Waals surface area contributed by atoms with Gasteiger partial charge in [-0.3, -0.25) is 9.59 Å². The molecule has 0 saturated heterocycles. The average molecular weight is 367 g/mol. The normalized spacial score (nSPS) is 12.9. The van der Waals surface area contributed by atoms with E-state index in [9.17, 15) is 9.59 Å². The number of carbonyl (C=O) groups excluding carboxylic acids is 2. The van der Waals surface area contributed by atoms with Crippen LogP contribution in [0.3, 0.4) is 0 Å². The highest BCUT2D eigenvalue weighted by Crippen LogP contribution is 2.12. The van der Waals surface area contributed by atoms with Crippen LogP contribution < -0.4 is 16.0 Å². The third-order valence-corrected chi connectivity index (χ3v) is 4.35. The van der Waals surface area contributed by atoms with Gasteiger partial charge < -0.3 is 16.0 Å². The molecule has 27 heavy (non-hydrogen) atoms. The van der Waals surface area contributed by atoms with Gasteiger partial charge in [-0.1, -0.05) is 50.2 Å². The number of benzene rings is 2. The monoisotopic (exact) mass is 367 g/mol. The molecule has 2 rings (SSSR count). The predicted molar refractivity (Wildman–Crippen MR) is 110 cm³/mol. The smallest absolute Gasteiger partial charge is 0.251 e. The fraction of sp³-hybridized carbons (Fsp3) is 0.364. The molecule has 2 unspecified atom stereocenters. The van der Waals surface area contributed by atoms with Gasteiger partial charge in [0.15, 0.2) is 0 Å². The zero-order chi connectivity index (χ0) is 19.6. The van der Waals surface area contributed by atoms with Crippen molar-refractivity contribution in [2.24, 2.45) is 5.92 Å². The molecule has 2 amide bonds. The topological polar surface area (TPSA) is 70.2 Å². The number of anilines is 1. The molecule has 2 atom stereocenters. The van der Waals surface area contributed by atoms with Gasteiger partial charge in [0.25, 0.3) is 5.91 Å². The van der Waals surface area contributed by atoms with Gasteiger partial charge in [0.05, 0.1) is 0 Å². The van der Waals surface area contributed by atoms with Gasteiger partial charge in [0.2, 0.25) is 5.91 Å². The van der Waals surface area contributed by atoms with Crippen LogP contribution in [0.2, 0.25) is 0 Å². The number of para-hydroxylation sites is 1. The largest absolute Gasteiger partial charge is 0.380 e. The lowest BCUT2D eigenvalue weighted by Crippen LogP contribution is -2.42. The van der Waals surface area contributed by atoms with Crippen LogP contribution in [0.5, 0.6) is 0 Å². The molecule has 144 valence electrons. The Kier molecular flexibility index (Phi) is 7.86. The zero-order valence-electron chi connectivity index (χ0n) is 16.2. The summed E-state index contributed by atoms with van der Waals surface area (Å²) in [6.07, 6.45) is 0.245. The van der Waals surface area contributed by atoms with E-state index in [4.69, 9.17) is 0 Å². The third-order valence-electron chi connectivity index (χ3n) is 4.35. The molecule has 0 fully saturated rings. The van der Waals surface area contributed by atoms with Crippen molar-refractivity contribution in [3.63, 3.8) is 0 Å². The Bertz CT molecular complexity index is 717. The summed E-state index contributed by atoms with van der Waals surface area (Å²) in [5.74, 6) is 0.124. The number of rotatable bonds is 9. The molecule has 0 aliphatic heterocycles. The number of hydrogen-bond donors (Lipinski definition) is 3. The summed E-state index contributed by atoms with van der Waals surface area (Å²) in [6.45, 7) is 6.61. The number of nitrogens with one attached hydrogen (secondary N) is 3. The first kappa shape index (κ1) is 20.5. The maximum atomic E-state index is 12.3. The van der Waals surface area contributed by atoms with E-state index in [2.05, 4.69) is 29.8 Å². The number of amides is 2. The van der Waals surface area contributed by atoms with Gasteiger partial charge in [-0.15, -0.1) is 0 Å². The first-order valence-electron chi connectivity index (χ1n) is 9.40. The Morgan fingerprint density at radius 3 is 2.07 bits per heavy atom. The minimum atomic E-state index is -0.239. The van der Waals surface area contributed by atoms with Crippen molar-refractivity contribution in [2.75, 3.05) is 11.9 Å². The SMILES string of the molecule is CC(CC(=O)NCC(Nc1ccccc1)C(C)C)NC(=O)c1ccccc1. The van der Waals surface area contributed by atoms with Crippen LogP contribution >= 0.6 is 0 Å². The predicted octanol–water partition coefficient (Wildman–Crippen LogP) is 3.45. The van der Waals surface area contributed by atoms with E-state index in [0.29, 0.717) is 18.0 Å². The highest BCUT2D eigenvalue weighted by Gasteiger charge is 2.17. The Labute approximate surface area is 161 Å². The van der Waals surface area contributed by atoms with E-state index >= 15 is 0 Å². The first-order valence-corrected chi connectivity index (χ1v) is 9.40. The average Bonchev–Trinajstić information content (AvgIpc) is 2.66. The first-order chi connectivity index (χ1) is 13.0. The molecule has 0 aliphatic carbocycles. The second kappa shape index (κ2) is 10.4. The van der Waals surface area contributed by atoms with Gasteiger partial charge in [-0.05, 0) is 37.1 Å². The Hall–Kier alpha value is -2.82. The Morgan fingerprint density at radius 1 is 0.889 bits per heavy atom. The lowest BCUT2D eigenvalue weighted by Gasteiger charge is -2.24.